The van der Waals surface area contributed by atoms with Gasteiger partial charge in [-0.3, -0.25) is 9.59 Å². The molecule has 0 aliphatic carbocycles. The highest BCUT2D eigenvalue weighted by molar-refractivity contribution is 5.76. The molecule has 0 bridgehead atoms. The fraction of sp³-hybridized carbons (Fsp3) is 0.912. The summed E-state index contributed by atoms with van der Waals surface area (Å²) >= 11 is 0. The fourth-order valence-electron chi connectivity index (χ4n) is 10.6. The van der Waals surface area contributed by atoms with E-state index >= 15 is 0 Å². The second-order valence-electron chi connectivity index (χ2n) is 23.2. The molecule has 0 spiro atoms. The van der Waals surface area contributed by atoms with Crippen molar-refractivity contribution in [1.82, 2.24) is 5.32 Å². The molecule has 0 radical (unpaired) electrons. The molecule has 0 fully saturated rings. The van der Waals surface area contributed by atoms with Crippen molar-refractivity contribution in [2.24, 2.45) is 0 Å². The number of carbonyl (C=O) groups is 2. The maximum atomic E-state index is 12.5. The van der Waals surface area contributed by atoms with Crippen LogP contribution in [0, 0.1) is 0 Å². The van der Waals surface area contributed by atoms with Crippen LogP contribution in [-0.2, 0) is 14.3 Å². The molecule has 1 amide bonds. The standard InChI is InChI=1S/C68H131NO5/c1-3-5-7-9-11-13-15-17-19-21-22-23-25-29-32-36-40-44-48-52-56-60-66(71)65(64-70)69-67(72)61-57-53-49-45-41-37-33-30-26-24-27-31-35-39-43-47-51-55-59-63-74-68(73)62-58-54-50-46-42-38-34-28-20-18-16-14-12-10-8-6-4-2/h31,35,39,43,65-66,70-71H,3-30,32-34,36-38,40-42,44-64H2,1-2H3,(H,69,72)/b35-31-,43-39-. The Balaban J connectivity index is 3.45. The molecule has 0 heterocycles. The molecule has 438 valence electrons. The summed E-state index contributed by atoms with van der Waals surface area (Å²) in [5, 5.41) is 23.4. The van der Waals surface area contributed by atoms with Crippen LogP contribution in [0.1, 0.15) is 373 Å². The number of amides is 1. The average Bonchev–Trinajstić information content (AvgIpc) is 3.40. The highest BCUT2D eigenvalue weighted by Gasteiger charge is 2.20. The first-order valence-electron chi connectivity index (χ1n) is 33.6. The van der Waals surface area contributed by atoms with Crippen LogP contribution >= 0.6 is 0 Å². The van der Waals surface area contributed by atoms with Gasteiger partial charge in [-0.25, -0.2) is 0 Å². The van der Waals surface area contributed by atoms with Crippen molar-refractivity contribution >= 4 is 11.9 Å². The zero-order chi connectivity index (χ0) is 53.6. The lowest BCUT2D eigenvalue weighted by atomic mass is 10.0. The number of ether oxygens (including phenoxy) is 1. The second-order valence-corrected chi connectivity index (χ2v) is 23.2. The second kappa shape index (κ2) is 63.9. The molecule has 0 rings (SSSR count). The number of aliphatic hydroxyl groups excluding tert-OH is 2. The molecule has 0 aliphatic heterocycles. The van der Waals surface area contributed by atoms with Gasteiger partial charge in [-0.2, -0.15) is 0 Å². The quantitative estimate of drug-likeness (QED) is 0.0320. The van der Waals surface area contributed by atoms with Gasteiger partial charge in [0.15, 0.2) is 0 Å². The van der Waals surface area contributed by atoms with Gasteiger partial charge in [0.25, 0.3) is 0 Å². The summed E-state index contributed by atoms with van der Waals surface area (Å²) in [6, 6.07) is -0.550. The summed E-state index contributed by atoms with van der Waals surface area (Å²) in [6.07, 6.45) is 79.2. The first kappa shape index (κ1) is 72.3. The van der Waals surface area contributed by atoms with Crippen molar-refractivity contribution in [3.63, 3.8) is 0 Å². The minimum atomic E-state index is -0.672. The van der Waals surface area contributed by atoms with Crippen LogP contribution in [0.15, 0.2) is 24.3 Å². The lowest BCUT2D eigenvalue weighted by molar-refractivity contribution is -0.143. The predicted octanol–water partition coefficient (Wildman–Crippen LogP) is 21.4. The van der Waals surface area contributed by atoms with Gasteiger partial charge in [-0.15, -0.1) is 0 Å². The Kier molecular flexibility index (Phi) is 62.4. The third kappa shape index (κ3) is 59.6. The van der Waals surface area contributed by atoms with E-state index < -0.39 is 12.1 Å². The Morgan fingerprint density at radius 1 is 0.378 bits per heavy atom. The first-order chi connectivity index (χ1) is 36.5. The number of unbranched alkanes of at least 4 members (excludes halogenated alkanes) is 49. The van der Waals surface area contributed by atoms with Crippen molar-refractivity contribution in [1.29, 1.82) is 0 Å². The number of rotatable bonds is 63. The monoisotopic (exact) mass is 1040 g/mol. The largest absolute Gasteiger partial charge is 0.466 e. The normalized spacial score (nSPS) is 12.6. The van der Waals surface area contributed by atoms with Crippen LogP contribution in [0.25, 0.3) is 0 Å². The molecule has 74 heavy (non-hydrogen) atoms. The van der Waals surface area contributed by atoms with Crippen molar-refractivity contribution < 1.29 is 24.5 Å². The summed E-state index contributed by atoms with van der Waals surface area (Å²) in [6.45, 7) is 4.95. The van der Waals surface area contributed by atoms with E-state index in [9.17, 15) is 19.8 Å². The van der Waals surface area contributed by atoms with Crippen molar-refractivity contribution in [2.75, 3.05) is 13.2 Å². The highest BCUT2D eigenvalue weighted by Crippen LogP contribution is 2.19. The molecule has 2 atom stereocenters. The Bertz CT molecular complexity index is 1150. The molecule has 0 saturated carbocycles. The fourth-order valence-corrected chi connectivity index (χ4v) is 10.6. The Labute approximate surface area is 462 Å². The molecule has 0 aromatic carbocycles. The van der Waals surface area contributed by atoms with E-state index in [0.29, 0.717) is 25.9 Å². The van der Waals surface area contributed by atoms with Gasteiger partial charge in [-0.05, 0) is 57.8 Å². The molecular weight excluding hydrogens is 911 g/mol. The maximum Gasteiger partial charge on any atom is 0.305 e. The van der Waals surface area contributed by atoms with Gasteiger partial charge in [0.05, 0.1) is 25.4 Å². The highest BCUT2D eigenvalue weighted by atomic mass is 16.5. The van der Waals surface area contributed by atoms with E-state index in [1.165, 1.54) is 270 Å². The molecule has 0 aliphatic rings. The Morgan fingerprint density at radius 2 is 0.662 bits per heavy atom. The lowest BCUT2D eigenvalue weighted by Gasteiger charge is -2.22. The van der Waals surface area contributed by atoms with Crippen molar-refractivity contribution in [3.8, 4) is 0 Å². The van der Waals surface area contributed by atoms with Crippen LogP contribution in [0.3, 0.4) is 0 Å². The molecule has 0 aromatic rings. The SMILES string of the molecule is CCCCCCCCCCCCCCCCCCCCCCCC(O)C(CO)NC(=O)CCCCCCCCCCCC/C=C\C=C/CCCCCOC(=O)CCCCCCCCCCCCCCCCCCC. The summed E-state index contributed by atoms with van der Waals surface area (Å²) in [7, 11) is 0. The smallest absolute Gasteiger partial charge is 0.305 e. The third-order valence-corrected chi connectivity index (χ3v) is 15.8. The zero-order valence-electron chi connectivity index (χ0n) is 50.1. The maximum absolute atomic E-state index is 12.5. The molecule has 6 nitrogen and oxygen atoms in total. The molecule has 2 unspecified atom stereocenters. The average molecular weight is 1040 g/mol. The Morgan fingerprint density at radius 3 is 1.00 bits per heavy atom. The molecule has 0 saturated heterocycles. The van der Waals surface area contributed by atoms with E-state index in [1.807, 2.05) is 0 Å². The number of hydrogen-bond acceptors (Lipinski definition) is 5. The van der Waals surface area contributed by atoms with E-state index in [4.69, 9.17) is 4.74 Å². The summed E-state index contributed by atoms with van der Waals surface area (Å²) in [5.74, 6) is -0.0494. The van der Waals surface area contributed by atoms with E-state index in [2.05, 4.69) is 43.5 Å². The van der Waals surface area contributed by atoms with Crippen LogP contribution in [0.5, 0.6) is 0 Å². The van der Waals surface area contributed by atoms with Crippen molar-refractivity contribution in [2.45, 2.75) is 386 Å². The number of carbonyl (C=O) groups excluding carboxylic acids is 2. The summed E-state index contributed by atoms with van der Waals surface area (Å²) in [4.78, 5) is 24.6. The van der Waals surface area contributed by atoms with Crippen LogP contribution in [0.4, 0.5) is 0 Å². The molecule has 6 heteroatoms. The van der Waals surface area contributed by atoms with Crippen LogP contribution < -0.4 is 5.32 Å². The Hall–Kier alpha value is -1.66. The van der Waals surface area contributed by atoms with E-state index in [-0.39, 0.29) is 18.5 Å². The van der Waals surface area contributed by atoms with Gasteiger partial charge in [0.1, 0.15) is 0 Å². The first-order valence-corrected chi connectivity index (χ1v) is 33.6. The van der Waals surface area contributed by atoms with Gasteiger partial charge in [0.2, 0.25) is 5.91 Å². The number of hydrogen-bond donors (Lipinski definition) is 3. The minimum absolute atomic E-state index is 0.00846. The zero-order valence-corrected chi connectivity index (χ0v) is 50.1. The van der Waals surface area contributed by atoms with Gasteiger partial charge >= 0.3 is 5.97 Å². The minimum Gasteiger partial charge on any atom is -0.466 e. The van der Waals surface area contributed by atoms with Gasteiger partial charge < -0.3 is 20.3 Å². The summed E-state index contributed by atoms with van der Waals surface area (Å²) in [5.41, 5.74) is 0. The molecule has 3 N–H and O–H groups in total. The van der Waals surface area contributed by atoms with Crippen LogP contribution in [-0.4, -0.2) is 47.4 Å². The van der Waals surface area contributed by atoms with E-state index in [0.717, 1.165) is 70.6 Å². The lowest BCUT2D eigenvalue weighted by Crippen LogP contribution is -2.45. The number of allylic oxidation sites excluding steroid dienone is 4. The number of esters is 1. The topological polar surface area (TPSA) is 95.9 Å². The van der Waals surface area contributed by atoms with Crippen molar-refractivity contribution in [3.05, 3.63) is 24.3 Å². The van der Waals surface area contributed by atoms with Gasteiger partial charge in [-0.1, -0.05) is 327 Å². The van der Waals surface area contributed by atoms with Crippen LogP contribution in [0.2, 0.25) is 0 Å². The third-order valence-electron chi connectivity index (χ3n) is 15.8. The predicted molar refractivity (Wildman–Crippen MR) is 324 cm³/mol. The molecular formula is C68H131NO5. The molecule has 0 aromatic heterocycles. The number of nitrogens with one attached hydrogen (secondary N) is 1. The summed E-state index contributed by atoms with van der Waals surface area (Å²) < 4.78 is 5.47. The number of aliphatic hydroxyl groups is 2. The van der Waals surface area contributed by atoms with Gasteiger partial charge in [0, 0.05) is 12.8 Å². The van der Waals surface area contributed by atoms with E-state index in [1.54, 1.807) is 0 Å².